The van der Waals surface area contributed by atoms with Crippen LogP contribution < -0.4 is 0 Å². The van der Waals surface area contributed by atoms with Gasteiger partial charge in [-0.3, -0.25) is 9.69 Å². The average Bonchev–Trinajstić information content (AvgIpc) is 3.07. The third kappa shape index (κ3) is 32.8. The van der Waals surface area contributed by atoms with Crippen LogP contribution in [0.15, 0.2) is 48.6 Å². The van der Waals surface area contributed by atoms with Crippen molar-refractivity contribution in [2.45, 2.75) is 200 Å². The minimum Gasteiger partial charge on any atom is -0.466 e. The highest BCUT2D eigenvalue weighted by Crippen LogP contribution is 2.16. The van der Waals surface area contributed by atoms with Gasteiger partial charge in [-0.25, -0.2) is 0 Å². The Morgan fingerprint density at radius 2 is 0.958 bits per heavy atom. The van der Waals surface area contributed by atoms with Crippen molar-refractivity contribution >= 4 is 5.97 Å². The summed E-state index contributed by atoms with van der Waals surface area (Å²) in [7, 11) is 0. The van der Waals surface area contributed by atoms with Crippen molar-refractivity contribution in [3.8, 4) is 0 Å². The highest BCUT2D eigenvalue weighted by Gasteiger charge is 2.21. The van der Waals surface area contributed by atoms with Crippen LogP contribution in [0.5, 0.6) is 0 Å². The summed E-state index contributed by atoms with van der Waals surface area (Å²) in [4.78, 5) is 14.2. The van der Waals surface area contributed by atoms with E-state index in [1.165, 1.54) is 77.0 Å². The minimum atomic E-state index is -0.421. The molecule has 2 N–H and O–H groups in total. The van der Waals surface area contributed by atoms with Gasteiger partial charge in [0.15, 0.2) is 0 Å². The number of carbonyl (C=O) groups is 1. The maximum absolute atomic E-state index is 12.0. The van der Waals surface area contributed by atoms with Crippen LogP contribution in [0.2, 0.25) is 0 Å². The van der Waals surface area contributed by atoms with Crippen molar-refractivity contribution in [2.75, 3.05) is 19.7 Å². The number of aliphatic hydroxyl groups is 2. The second-order valence-corrected chi connectivity index (χ2v) is 13.8. The van der Waals surface area contributed by atoms with Crippen molar-refractivity contribution in [1.82, 2.24) is 4.90 Å². The molecule has 0 fully saturated rings. The number of esters is 1. The lowest BCUT2D eigenvalue weighted by molar-refractivity contribution is -0.143. The first-order valence-electron chi connectivity index (χ1n) is 20.3. The maximum Gasteiger partial charge on any atom is 0.305 e. The van der Waals surface area contributed by atoms with Gasteiger partial charge in [0.05, 0.1) is 18.8 Å². The second-order valence-electron chi connectivity index (χ2n) is 13.8. The van der Waals surface area contributed by atoms with E-state index in [0.29, 0.717) is 32.5 Å². The monoisotopic (exact) mass is 674 g/mol. The molecule has 0 rings (SSSR count). The van der Waals surface area contributed by atoms with Gasteiger partial charge in [0.1, 0.15) is 0 Å². The summed E-state index contributed by atoms with van der Waals surface area (Å²) in [6.07, 6.45) is 43.7. The van der Waals surface area contributed by atoms with Gasteiger partial charge in [0.25, 0.3) is 0 Å². The maximum atomic E-state index is 12.0. The second kappa shape index (κ2) is 36.6. The van der Waals surface area contributed by atoms with Crippen molar-refractivity contribution in [3.05, 3.63) is 48.6 Å². The number of hydrogen-bond acceptors (Lipinski definition) is 5. The highest BCUT2D eigenvalue weighted by molar-refractivity contribution is 5.69. The predicted octanol–water partition coefficient (Wildman–Crippen LogP) is 11.6. The van der Waals surface area contributed by atoms with Gasteiger partial charge in [-0.2, -0.15) is 0 Å². The minimum absolute atomic E-state index is 0.0923. The number of allylic oxidation sites excluding steroid dienone is 8. The Balaban J connectivity index is 4.34. The number of unbranched alkanes of at least 4 members (excludes halogenated alkanes) is 14. The Morgan fingerprint density at radius 3 is 1.35 bits per heavy atom. The summed E-state index contributed by atoms with van der Waals surface area (Å²) in [5.74, 6) is -0.173. The molecule has 0 aliphatic rings. The quantitative estimate of drug-likeness (QED) is 0.0398. The zero-order valence-corrected chi connectivity index (χ0v) is 32.1. The van der Waals surface area contributed by atoms with E-state index in [-0.39, 0.29) is 12.0 Å². The zero-order chi connectivity index (χ0) is 35.3. The SMILES string of the molecule is CCCCC/C=C\C/C=C\CCCCCCC(O)CN(CC(O)CCCCCC/C=C\C/C=C\CCCCC)C(C)CCC(=O)OCC. The molecule has 0 saturated carbocycles. The van der Waals surface area contributed by atoms with Crippen LogP contribution in [0.25, 0.3) is 0 Å². The summed E-state index contributed by atoms with van der Waals surface area (Å²) in [6.45, 7) is 9.89. The Morgan fingerprint density at radius 1 is 0.562 bits per heavy atom. The molecule has 0 amide bonds. The van der Waals surface area contributed by atoms with Crippen LogP contribution in [0.4, 0.5) is 0 Å². The van der Waals surface area contributed by atoms with Crippen LogP contribution in [0.3, 0.4) is 0 Å². The molecule has 3 unspecified atom stereocenters. The Hall–Kier alpha value is -1.69. The van der Waals surface area contributed by atoms with Gasteiger partial charge >= 0.3 is 5.97 Å². The first kappa shape index (κ1) is 46.3. The first-order valence-corrected chi connectivity index (χ1v) is 20.3. The number of carbonyl (C=O) groups excluding carboxylic acids is 1. The highest BCUT2D eigenvalue weighted by atomic mass is 16.5. The van der Waals surface area contributed by atoms with E-state index in [9.17, 15) is 15.0 Å². The third-order valence-corrected chi connectivity index (χ3v) is 9.06. The number of rotatable bonds is 35. The Labute approximate surface area is 298 Å². The fourth-order valence-electron chi connectivity index (χ4n) is 5.93. The van der Waals surface area contributed by atoms with Gasteiger partial charge in [0, 0.05) is 25.6 Å². The number of nitrogens with zero attached hydrogens (tertiary/aromatic N) is 1. The number of ether oxygens (including phenoxy) is 1. The molecule has 0 bridgehead atoms. The van der Waals surface area contributed by atoms with Crippen molar-refractivity contribution < 1.29 is 19.7 Å². The molecule has 0 aliphatic heterocycles. The molecule has 0 aromatic rings. The van der Waals surface area contributed by atoms with E-state index in [1.807, 2.05) is 6.92 Å². The van der Waals surface area contributed by atoms with E-state index in [2.05, 4.69) is 74.3 Å². The summed E-state index contributed by atoms with van der Waals surface area (Å²) in [5, 5.41) is 21.8. The summed E-state index contributed by atoms with van der Waals surface area (Å²) >= 11 is 0. The average molecular weight is 674 g/mol. The fourth-order valence-corrected chi connectivity index (χ4v) is 5.93. The van der Waals surface area contributed by atoms with Crippen molar-refractivity contribution in [2.24, 2.45) is 0 Å². The molecule has 0 spiro atoms. The summed E-state index contributed by atoms with van der Waals surface area (Å²) in [6, 6.07) is 0.0923. The lowest BCUT2D eigenvalue weighted by Gasteiger charge is -2.32. The van der Waals surface area contributed by atoms with E-state index >= 15 is 0 Å². The molecule has 0 aromatic heterocycles. The van der Waals surface area contributed by atoms with Gasteiger partial charge in [0.2, 0.25) is 0 Å². The molecule has 5 heteroatoms. The van der Waals surface area contributed by atoms with Crippen LogP contribution in [0, 0.1) is 0 Å². The molecule has 5 nitrogen and oxygen atoms in total. The zero-order valence-electron chi connectivity index (χ0n) is 32.1. The van der Waals surface area contributed by atoms with E-state index in [0.717, 1.165) is 64.2 Å². The van der Waals surface area contributed by atoms with Crippen LogP contribution in [-0.4, -0.2) is 59.0 Å². The smallest absolute Gasteiger partial charge is 0.305 e. The summed E-state index contributed by atoms with van der Waals surface area (Å²) in [5.41, 5.74) is 0. The van der Waals surface area contributed by atoms with Crippen LogP contribution in [-0.2, 0) is 9.53 Å². The Bertz CT molecular complexity index is 753. The fraction of sp³-hybridized carbons (Fsp3) is 0.791. The van der Waals surface area contributed by atoms with E-state index in [4.69, 9.17) is 4.74 Å². The van der Waals surface area contributed by atoms with Gasteiger partial charge in [-0.1, -0.05) is 127 Å². The molecule has 0 radical (unpaired) electrons. The molecule has 0 aliphatic carbocycles. The van der Waals surface area contributed by atoms with Crippen molar-refractivity contribution in [3.63, 3.8) is 0 Å². The normalized spacial score (nSPS) is 14.3. The standard InChI is InChI=1S/C43H79NO4/c1-5-8-10-12-14-16-18-20-22-24-26-28-30-32-34-41(45)38-44(40(4)36-37-43(47)48-7-3)39-42(46)35-33-31-29-27-25-23-21-19-17-15-13-11-9-6-2/h14-17,20-23,40-42,45-46H,5-13,18-19,24-39H2,1-4H3/b16-14-,17-15-,22-20-,23-21-. The first-order chi connectivity index (χ1) is 23.4. The van der Waals surface area contributed by atoms with E-state index in [1.54, 1.807) is 0 Å². The van der Waals surface area contributed by atoms with Crippen LogP contribution in [0.1, 0.15) is 182 Å². The number of hydrogen-bond donors (Lipinski definition) is 2. The molecule has 3 atom stereocenters. The molecule has 0 heterocycles. The van der Waals surface area contributed by atoms with Crippen molar-refractivity contribution in [1.29, 1.82) is 0 Å². The van der Waals surface area contributed by atoms with Gasteiger partial charge in [-0.15, -0.1) is 0 Å². The Kier molecular flexibility index (Phi) is 35.3. The number of aliphatic hydroxyl groups excluding tert-OH is 2. The molecular weight excluding hydrogens is 594 g/mol. The predicted molar refractivity (Wildman–Crippen MR) is 208 cm³/mol. The molecule has 0 saturated heterocycles. The summed E-state index contributed by atoms with van der Waals surface area (Å²) < 4.78 is 5.13. The van der Waals surface area contributed by atoms with E-state index < -0.39 is 12.2 Å². The largest absolute Gasteiger partial charge is 0.466 e. The molecule has 0 aromatic carbocycles. The molecule has 48 heavy (non-hydrogen) atoms. The van der Waals surface area contributed by atoms with Gasteiger partial charge < -0.3 is 14.9 Å². The third-order valence-electron chi connectivity index (χ3n) is 9.06. The van der Waals surface area contributed by atoms with Crippen LogP contribution >= 0.6 is 0 Å². The lowest BCUT2D eigenvalue weighted by Crippen LogP contribution is -2.43. The lowest BCUT2D eigenvalue weighted by atomic mass is 10.0. The molecule has 280 valence electrons. The topological polar surface area (TPSA) is 70.0 Å². The molecular formula is C43H79NO4. The van der Waals surface area contributed by atoms with Gasteiger partial charge in [-0.05, 0) is 97.3 Å².